The molecule has 2 bridgehead atoms. The number of ether oxygens (including phenoxy) is 1. The molecule has 1 fully saturated rings. The highest BCUT2D eigenvalue weighted by Crippen LogP contribution is 2.61. The molecule has 0 aromatic carbocycles. The van der Waals surface area contributed by atoms with Gasteiger partial charge in [-0.05, 0) is 26.7 Å². The minimum Gasteiger partial charge on any atom is -0.360 e. The van der Waals surface area contributed by atoms with Crippen LogP contribution in [0.2, 0.25) is 0 Å². The summed E-state index contributed by atoms with van der Waals surface area (Å²) in [7, 11) is 0. The van der Waals surface area contributed by atoms with E-state index in [2.05, 4.69) is 0 Å². The first-order valence-corrected chi connectivity index (χ1v) is 5.88. The van der Waals surface area contributed by atoms with Gasteiger partial charge < -0.3 is 4.74 Å². The van der Waals surface area contributed by atoms with Gasteiger partial charge in [-0.2, -0.15) is 0 Å². The van der Waals surface area contributed by atoms with Crippen molar-refractivity contribution in [2.75, 3.05) is 0 Å². The van der Waals surface area contributed by atoms with Crippen molar-refractivity contribution in [3.8, 4) is 0 Å². The third-order valence-corrected chi connectivity index (χ3v) is 5.66. The molecule has 0 N–H and O–H groups in total. The summed E-state index contributed by atoms with van der Waals surface area (Å²) < 4.78 is 4.60. The molecule has 0 spiro atoms. The van der Waals surface area contributed by atoms with E-state index in [1.54, 1.807) is 0 Å². The van der Waals surface area contributed by atoms with Crippen LogP contribution in [0.4, 0.5) is 0 Å². The number of hydrogen-bond acceptors (Lipinski definition) is 1. The smallest absolute Gasteiger partial charge is 0.183 e. The molecule has 0 amide bonds. The van der Waals surface area contributed by atoms with Crippen LogP contribution in [0, 0.1) is 0 Å². The highest BCUT2D eigenvalue weighted by Gasteiger charge is 2.62. The third kappa shape index (κ3) is 1.20. The van der Waals surface area contributed by atoms with E-state index in [0.29, 0.717) is 10.1 Å². The molecule has 2 heterocycles. The highest BCUT2D eigenvalue weighted by atomic mass is 35.5. The van der Waals surface area contributed by atoms with Crippen LogP contribution in [-0.4, -0.2) is 15.5 Å². The Kier molecular flexibility index (Phi) is 2.39. The maximum absolute atomic E-state index is 6.18. The quantitative estimate of drug-likeness (QED) is 0.603. The minimum atomic E-state index is -1.23. The van der Waals surface area contributed by atoms with E-state index >= 15 is 0 Å². The molecule has 0 aromatic rings. The zero-order chi connectivity index (χ0) is 10.8. The summed E-state index contributed by atoms with van der Waals surface area (Å²) in [5, 5.41) is 0.732. The Balaban J connectivity index is 2.61. The van der Waals surface area contributed by atoms with Gasteiger partial charge >= 0.3 is 0 Å². The standard InChI is InChI=1S/C9H10Cl4O/c1-7-3-4-8(2,14-7)9(12,13)6(11)5(7)10/h3-4H2,1-2H3/t7-,8+/m1/s1. The van der Waals surface area contributed by atoms with Gasteiger partial charge in [-0.1, -0.05) is 46.4 Å². The molecule has 2 atom stereocenters. The molecule has 0 radical (unpaired) electrons. The summed E-state index contributed by atoms with van der Waals surface area (Å²) in [6.07, 6.45) is 1.54. The topological polar surface area (TPSA) is 9.23 Å². The molecule has 1 saturated heterocycles. The van der Waals surface area contributed by atoms with Crippen LogP contribution in [0.5, 0.6) is 0 Å². The lowest BCUT2D eigenvalue weighted by molar-refractivity contribution is -0.0749. The molecule has 80 valence electrons. The Labute approximate surface area is 103 Å². The van der Waals surface area contributed by atoms with Gasteiger partial charge in [0.2, 0.25) is 0 Å². The first-order valence-electron chi connectivity index (χ1n) is 4.37. The summed E-state index contributed by atoms with van der Waals surface area (Å²) >= 11 is 24.5. The predicted octanol–water partition coefficient (Wildman–Crippen LogP) is 4.19. The lowest BCUT2D eigenvalue weighted by Gasteiger charge is -2.43. The van der Waals surface area contributed by atoms with Crippen molar-refractivity contribution in [2.24, 2.45) is 0 Å². The van der Waals surface area contributed by atoms with Crippen molar-refractivity contribution in [3.05, 3.63) is 10.1 Å². The normalized spacial score (nSPS) is 45.9. The van der Waals surface area contributed by atoms with Crippen molar-refractivity contribution in [1.82, 2.24) is 0 Å². The van der Waals surface area contributed by atoms with E-state index < -0.39 is 15.5 Å². The van der Waals surface area contributed by atoms with Crippen molar-refractivity contribution in [2.45, 2.75) is 42.2 Å². The molecule has 1 nitrogen and oxygen atoms in total. The van der Waals surface area contributed by atoms with Crippen LogP contribution < -0.4 is 0 Å². The largest absolute Gasteiger partial charge is 0.360 e. The predicted molar refractivity (Wildman–Crippen MR) is 60.3 cm³/mol. The van der Waals surface area contributed by atoms with Crippen LogP contribution >= 0.6 is 46.4 Å². The van der Waals surface area contributed by atoms with Gasteiger partial charge in [0.1, 0.15) is 11.2 Å². The van der Waals surface area contributed by atoms with E-state index in [0.717, 1.165) is 12.8 Å². The minimum absolute atomic E-state index is 0.302. The number of hydrogen-bond donors (Lipinski definition) is 0. The SMILES string of the molecule is C[C@]12CC[C@](C)(O1)C(Cl)(Cl)C(Cl)=C2Cl. The van der Waals surface area contributed by atoms with E-state index in [1.807, 2.05) is 13.8 Å². The second kappa shape index (κ2) is 2.95. The van der Waals surface area contributed by atoms with Crippen LogP contribution in [0.25, 0.3) is 0 Å². The van der Waals surface area contributed by atoms with Gasteiger partial charge in [-0.15, -0.1) is 0 Å². The Hall–Kier alpha value is 0.860. The molecule has 0 saturated carbocycles. The molecule has 0 unspecified atom stereocenters. The molecular formula is C9H10Cl4O. The molecular weight excluding hydrogens is 266 g/mol. The zero-order valence-corrected chi connectivity index (χ0v) is 10.9. The van der Waals surface area contributed by atoms with Gasteiger partial charge in [0, 0.05) is 0 Å². The van der Waals surface area contributed by atoms with E-state index in [4.69, 9.17) is 51.1 Å². The van der Waals surface area contributed by atoms with Crippen molar-refractivity contribution < 1.29 is 4.74 Å². The van der Waals surface area contributed by atoms with Crippen molar-refractivity contribution >= 4 is 46.4 Å². The Bertz CT molecular complexity index is 325. The molecule has 5 heteroatoms. The Morgan fingerprint density at radius 1 is 1.07 bits per heavy atom. The number of fused-ring (bicyclic) bond motifs is 2. The summed E-state index contributed by atoms with van der Waals surface area (Å²) in [6.45, 7) is 3.77. The Morgan fingerprint density at radius 3 is 2.21 bits per heavy atom. The number of alkyl halides is 2. The molecule has 2 aliphatic rings. The fraction of sp³-hybridized carbons (Fsp3) is 0.778. The summed E-state index contributed by atoms with van der Waals surface area (Å²) in [4.78, 5) is 0. The fourth-order valence-corrected chi connectivity index (χ4v) is 3.28. The first-order chi connectivity index (χ1) is 6.23. The van der Waals surface area contributed by atoms with E-state index in [9.17, 15) is 0 Å². The zero-order valence-electron chi connectivity index (χ0n) is 7.83. The highest BCUT2D eigenvalue weighted by molar-refractivity contribution is 6.58. The van der Waals surface area contributed by atoms with Gasteiger partial charge in [-0.3, -0.25) is 0 Å². The van der Waals surface area contributed by atoms with Gasteiger partial charge in [0.25, 0.3) is 0 Å². The van der Waals surface area contributed by atoms with Gasteiger partial charge in [0.15, 0.2) is 4.33 Å². The molecule has 14 heavy (non-hydrogen) atoms. The third-order valence-electron chi connectivity index (χ3n) is 3.13. The average molecular weight is 276 g/mol. The van der Waals surface area contributed by atoms with E-state index in [1.165, 1.54) is 0 Å². The number of halogens is 4. The molecule has 2 aliphatic heterocycles. The number of rotatable bonds is 0. The Morgan fingerprint density at radius 2 is 1.64 bits per heavy atom. The molecule has 0 aliphatic carbocycles. The maximum Gasteiger partial charge on any atom is 0.183 e. The lowest BCUT2D eigenvalue weighted by Crippen LogP contribution is -2.50. The molecule has 2 rings (SSSR count). The second-order valence-corrected chi connectivity index (χ2v) is 6.35. The fourth-order valence-electron chi connectivity index (χ4n) is 2.05. The maximum atomic E-state index is 6.18. The molecule has 0 aromatic heterocycles. The van der Waals surface area contributed by atoms with Crippen LogP contribution in [-0.2, 0) is 4.74 Å². The summed E-state index contributed by atoms with van der Waals surface area (Å²) in [6, 6.07) is 0. The summed E-state index contributed by atoms with van der Waals surface area (Å²) in [5.41, 5.74) is -1.15. The first kappa shape index (κ1) is 11.3. The van der Waals surface area contributed by atoms with Gasteiger partial charge in [-0.25, -0.2) is 0 Å². The lowest BCUT2D eigenvalue weighted by atomic mass is 9.98. The summed E-state index contributed by atoms with van der Waals surface area (Å²) in [5.74, 6) is 0. The van der Waals surface area contributed by atoms with Crippen molar-refractivity contribution in [3.63, 3.8) is 0 Å². The average Bonchev–Trinajstić information content (AvgIpc) is 2.40. The second-order valence-electron chi connectivity index (χ2n) is 4.27. The van der Waals surface area contributed by atoms with Crippen LogP contribution in [0.1, 0.15) is 26.7 Å². The van der Waals surface area contributed by atoms with Crippen molar-refractivity contribution in [1.29, 1.82) is 0 Å². The van der Waals surface area contributed by atoms with Crippen LogP contribution in [0.3, 0.4) is 0 Å². The monoisotopic (exact) mass is 274 g/mol. The van der Waals surface area contributed by atoms with E-state index in [-0.39, 0.29) is 0 Å². The van der Waals surface area contributed by atoms with Crippen LogP contribution in [0.15, 0.2) is 10.1 Å². The van der Waals surface area contributed by atoms with Gasteiger partial charge in [0.05, 0.1) is 10.1 Å².